The SMILES string of the molecule is [2H]c1c([2H])c([2H])c2c(oc3c([2H])c([2H])c(-c4cccc(-c5ccccc5)c4)c(-n4c5ccccc5c5cc(-n6c7ccccc7c7ccccc76)ccc54)c32)c1[2H]. The predicted octanol–water partition coefficient (Wildman–Crippen LogP) is 13.1. The average Bonchev–Trinajstić information content (AvgIpc) is 3.92. The van der Waals surface area contributed by atoms with Crippen molar-refractivity contribution in [2.75, 3.05) is 0 Å². The standard InChI is InChI=1S/C48H30N2O/c1-2-13-31(14-3-1)32-15-12-16-33(29-32)35-26-28-46-47(39-20-7-11-24-45(39)51-46)48(35)50-43-23-10-6-19-38(43)40-30-34(25-27-44(40)50)49-41-21-8-4-17-36(41)37-18-5-9-22-42(37)49/h1-30H/i7D,11D,20D,24D,26D,28D. The van der Waals surface area contributed by atoms with Crippen LogP contribution in [0.25, 0.3) is 99.2 Å². The Labute approximate surface area is 302 Å². The highest BCUT2D eigenvalue weighted by Crippen LogP contribution is 2.44. The Bertz CT molecular complexity index is 3440. The zero-order valence-electron chi connectivity index (χ0n) is 33.2. The molecular weight excluding hydrogens is 621 g/mol. The van der Waals surface area contributed by atoms with E-state index in [0.717, 1.165) is 60.4 Å². The molecule has 0 atom stereocenters. The summed E-state index contributed by atoms with van der Waals surface area (Å²) in [6, 6.07) is 47.5. The van der Waals surface area contributed by atoms with E-state index in [1.165, 1.54) is 0 Å². The summed E-state index contributed by atoms with van der Waals surface area (Å²) in [5, 5.41) is 4.77. The molecule has 3 aromatic heterocycles. The van der Waals surface area contributed by atoms with Gasteiger partial charge in [-0.1, -0.05) is 121 Å². The first kappa shape index (κ1) is 22.7. The van der Waals surface area contributed by atoms with Crippen LogP contribution in [0, 0.1) is 0 Å². The molecule has 0 amide bonds. The summed E-state index contributed by atoms with van der Waals surface area (Å²) in [4.78, 5) is 0. The number of fused-ring (bicyclic) bond motifs is 9. The number of para-hydroxylation sites is 4. The highest BCUT2D eigenvalue weighted by Gasteiger charge is 2.23. The van der Waals surface area contributed by atoms with E-state index in [0.29, 0.717) is 22.2 Å². The first-order chi connectivity index (χ1) is 27.8. The lowest BCUT2D eigenvalue weighted by molar-refractivity contribution is 0.669. The molecule has 11 rings (SSSR count). The van der Waals surface area contributed by atoms with E-state index in [1.54, 1.807) is 0 Å². The van der Waals surface area contributed by atoms with E-state index in [4.69, 9.17) is 8.53 Å². The van der Waals surface area contributed by atoms with Gasteiger partial charge in [0.05, 0.1) is 41.4 Å². The van der Waals surface area contributed by atoms with Crippen molar-refractivity contribution in [2.24, 2.45) is 0 Å². The molecule has 0 unspecified atom stereocenters. The second-order valence-corrected chi connectivity index (χ2v) is 12.9. The van der Waals surface area contributed by atoms with Crippen molar-refractivity contribution < 1.29 is 12.6 Å². The van der Waals surface area contributed by atoms with Gasteiger partial charge in [-0.15, -0.1) is 0 Å². The molecule has 0 N–H and O–H groups in total. The molecule has 51 heavy (non-hydrogen) atoms. The van der Waals surface area contributed by atoms with Gasteiger partial charge in [-0.3, -0.25) is 0 Å². The summed E-state index contributed by atoms with van der Waals surface area (Å²) in [6.45, 7) is 0. The lowest BCUT2D eigenvalue weighted by atomic mass is 9.96. The molecule has 11 aromatic rings. The van der Waals surface area contributed by atoms with Crippen LogP contribution in [0.5, 0.6) is 0 Å². The van der Waals surface area contributed by atoms with Gasteiger partial charge >= 0.3 is 0 Å². The molecule has 0 saturated carbocycles. The summed E-state index contributed by atoms with van der Waals surface area (Å²) in [5.74, 6) is 0. The number of hydrogen-bond acceptors (Lipinski definition) is 1. The minimum absolute atomic E-state index is 0.0350. The number of furan rings is 1. The highest BCUT2D eigenvalue weighted by molar-refractivity contribution is 6.17. The van der Waals surface area contributed by atoms with Gasteiger partial charge in [0.1, 0.15) is 11.2 Å². The van der Waals surface area contributed by atoms with Gasteiger partial charge < -0.3 is 13.6 Å². The molecule has 0 bridgehead atoms. The molecular formula is C48H30N2O. The Hall–Kier alpha value is -6.84. The van der Waals surface area contributed by atoms with Crippen molar-refractivity contribution in [1.29, 1.82) is 0 Å². The van der Waals surface area contributed by atoms with Gasteiger partial charge in [0, 0.05) is 38.2 Å². The summed E-state index contributed by atoms with van der Waals surface area (Å²) >= 11 is 0. The lowest BCUT2D eigenvalue weighted by Gasteiger charge is -2.17. The minimum atomic E-state index is -0.420. The highest BCUT2D eigenvalue weighted by atomic mass is 16.3. The number of rotatable bonds is 4. The molecule has 0 aliphatic carbocycles. The molecule has 8 aromatic carbocycles. The Kier molecular flexibility index (Phi) is 4.83. The Morgan fingerprint density at radius 3 is 1.78 bits per heavy atom. The van der Waals surface area contributed by atoms with Gasteiger partial charge in [0.15, 0.2) is 0 Å². The number of benzene rings is 8. The van der Waals surface area contributed by atoms with Gasteiger partial charge in [-0.2, -0.15) is 0 Å². The van der Waals surface area contributed by atoms with E-state index in [9.17, 15) is 4.11 Å². The van der Waals surface area contributed by atoms with E-state index in [2.05, 4.69) is 81.9 Å². The van der Waals surface area contributed by atoms with E-state index in [-0.39, 0.29) is 40.7 Å². The molecule has 0 radical (unpaired) electrons. The van der Waals surface area contributed by atoms with Crippen LogP contribution in [0.15, 0.2) is 186 Å². The Balaban J connectivity index is 1.31. The van der Waals surface area contributed by atoms with Crippen LogP contribution in [-0.2, 0) is 0 Å². The van der Waals surface area contributed by atoms with E-state index >= 15 is 0 Å². The number of hydrogen-bond donors (Lipinski definition) is 0. The van der Waals surface area contributed by atoms with Crippen LogP contribution in [-0.4, -0.2) is 9.13 Å². The number of nitrogens with zero attached hydrogens (tertiary/aromatic N) is 2. The third-order valence-corrected chi connectivity index (χ3v) is 10.1. The van der Waals surface area contributed by atoms with Crippen molar-refractivity contribution >= 4 is 65.6 Å². The third-order valence-electron chi connectivity index (χ3n) is 10.1. The molecule has 0 saturated heterocycles. The summed E-state index contributed by atoms with van der Waals surface area (Å²) < 4.78 is 64.8. The van der Waals surface area contributed by atoms with Crippen molar-refractivity contribution in [3.05, 3.63) is 182 Å². The zero-order chi connectivity index (χ0) is 38.7. The summed E-state index contributed by atoms with van der Waals surface area (Å²) in [6.07, 6.45) is 0. The van der Waals surface area contributed by atoms with Crippen LogP contribution >= 0.6 is 0 Å². The second kappa shape index (κ2) is 10.8. The topological polar surface area (TPSA) is 23.0 Å². The maximum atomic E-state index is 9.66. The molecule has 0 aliphatic rings. The lowest BCUT2D eigenvalue weighted by Crippen LogP contribution is -1.99. The normalized spacial score (nSPS) is 13.6. The molecule has 0 aliphatic heterocycles. The Morgan fingerprint density at radius 1 is 0.412 bits per heavy atom. The largest absolute Gasteiger partial charge is 0.456 e. The second-order valence-electron chi connectivity index (χ2n) is 12.9. The van der Waals surface area contributed by atoms with Crippen molar-refractivity contribution in [2.45, 2.75) is 0 Å². The van der Waals surface area contributed by atoms with E-state index in [1.807, 2.05) is 72.8 Å². The molecule has 0 fully saturated rings. The van der Waals surface area contributed by atoms with Crippen molar-refractivity contribution in [3.63, 3.8) is 0 Å². The monoisotopic (exact) mass is 656 g/mol. The van der Waals surface area contributed by atoms with Crippen molar-refractivity contribution in [1.82, 2.24) is 9.13 Å². The molecule has 0 spiro atoms. The first-order valence-corrected chi connectivity index (χ1v) is 17.0. The van der Waals surface area contributed by atoms with Crippen LogP contribution in [0.2, 0.25) is 0 Å². The third kappa shape index (κ3) is 4.12. The minimum Gasteiger partial charge on any atom is -0.456 e. The average molecular weight is 657 g/mol. The first-order valence-electron chi connectivity index (χ1n) is 20.0. The van der Waals surface area contributed by atoms with Crippen LogP contribution in [0.1, 0.15) is 8.22 Å². The van der Waals surface area contributed by atoms with Crippen molar-refractivity contribution in [3.8, 4) is 33.6 Å². The molecule has 3 heterocycles. The zero-order valence-corrected chi connectivity index (χ0v) is 27.2. The predicted molar refractivity (Wildman–Crippen MR) is 213 cm³/mol. The van der Waals surface area contributed by atoms with Crippen LogP contribution in [0.4, 0.5) is 0 Å². The molecule has 238 valence electrons. The maximum absolute atomic E-state index is 9.66. The van der Waals surface area contributed by atoms with Gasteiger partial charge in [0.25, 0.3) is 0 Å². The van der Waals surface area contributed by atoms with E-state index < -0.39 is 12.1 Å². The smallest absolute Gasteiger partial charge is 0.137 e. The summed E-state index contributed by atoms with van der Waals surface area (Å²) in [5.41, 5.74) is 8.40. The fourth-order valence-corrected chi connectivity index (χ4v) is 7.90. The van der Waals surface area contributed by atoms with Gasteiger partial charge in [0.2, 0.25) is 0 Å². The van der Waals surface area contributed by atoms with Crippen LogP contribution in [0.3, 0.4) is 0 Å². The Morgan fingerprint density at radius 2 is 1.02 bits per heavy atom. The van der Waals surface area contributed by atoms with Gasteiger partial charge in [-0.05, 0) is 77.3 Å². The maximum Gasteiger partial charge on any atom is 0.137 e. The quantitative estimate of drug-likeness (QED) is 0.185. The fraction of sp³-hybridized carbons (Fsp3) is 0. The summed E-state index contributed by atoms with van der Waals surface area (Å²) in [7, 11) is 0. The molecule has 3 nitrogen and oxygen atoms in total. The fourth-order valence-electron chi connectivity index (χ4n) is 7.90. The number of aromatic nitrogens is 2. The van der Waals surface area contributed by atoms with Crippen LogP contribution < -0.4 is 0 Å². The van der Waals surface area contributed by atoms with Gasteiger partial charge in [-0.25, -0.2) is 0 Å². The molecule has 3 heteroatoms.